The molecule has 0 saturated carbocycles. The molecule has 1 aliphatic rings. The number of benzene rings is 1. The molecule has 1 amide bonds. The van der Waals surface area contributed by atoms with Crippen LogP contribution in [0.5, 0.6) is 11.5 Å². The van der Waals surface area contributed by atoms with Crippen molar-refractivity contribution < 1.29 is 32.2 Å². The Morgan fingerprint density at radius 1 is 1.16 bits per heavy atom. The molecule has 1 heterocycles. The number of rotatable bonds is 4. The minimum Gasteiger partial charge on any atom is -0.493 e. The molecule has 0 bridgehead atoms. The van der Waals surface area contributed by atoms with E-state index < -0.39 is 12.0 Å². The number of amides is 1. The lowest BCUT2D eigenvalue weighted by atomic mass is 10.1. The summed E-state index contributed by atoms with van der Waals surface area (Å²) in [6, 6.07) is 5.23. The molecule has 1 fully saturated rings. The fraction of sp³-hybridized carbons (Fsp3) is 0.588. The van der Waals surface area contributed by atoms with Gasteiger partial charge in [0.05, 0.1) is 6.61 Å². The predicted molar refractivity (Wildman–Crippen MR) is 84.5 cm³/mol. The monoisotopic (exact) mass is 361 g/mol. The van der Waals surface area contributed by atoms with E-state index in [-0.39, 0.29) is 17.8 Å². The largest absolute Gasteiger partial charge is 0.573 e. The first-order valence-corrected chi connectivity index (χ1v) is 7.98. The minimum absolute atomic E-state index is 0.152. The third kappa shape index (κ3) is 6.72. The average Bonchev–Trinajstić information content (AvgIpc) is 2.92. The summed E-state index contributed by atoms with van der Waals surface area (Å²) in [6.07, 6.45) is -4.27. The van der Waals surface area contributed by atoms with Gasteiger partial charge in [-0.3, -0.25) is 0 Å². The molecule has 0 radical (unpaired) electrons. The summed E-state index contributed by atoms with van der Waals surface area (Å²) in [5.74, 6) is 0.306. The van der Waals surface area contributed by atoms with Crippen LogP contribution in [0.2, 0.25) is 0 Å². The van der Waals surface area contributed by atoms with E-state index in [2.05, 4.69) is 4.74 Å². The van der Waals surface area contributed by atoms with Gasteiger partial charge in [-0.1, -0.05) is 0 Å². The molecule has 0 N–H and O–H groups in total. The Balaban J connectivity index is 1.78. The highest BCUT2D eigenvalue weighted by molar-refractivity contribution is 5.68. The van der Waals surface area contributed by atoms with Gasteiger partial charge < -0.3 is 19.1 Å². The van der Waals surface area contributed by atoms with E-state index in [9.17, 15) is 18.0 Å². The molecule has 2 rings (SSSR count). The zero-order chi connectivity index (χ0) is 18.7. The molecule has 1 aromatic carbocycles. The Morgan fingerprint density at radius 2 is 1.76 bits per heavy atom. The van der Waals surface area contributed by atoms with E-state index >= 15 is 0 Å². The van der Waals surface area contributed by atoms with Crippen molar-refractivity contribution in [2.24, 2.45) is 5.92 Å². The van der Waals surface area contributed by atoms with Gasteiger partial charge in [-0.05, 0) is 51.5 Å². The van der Waals surface area contributed by atoms with Crippen LogP contribution in [0.1, 0.15) is 27.2 Å². The molecule has 1 saturated heterocycles. The van der Waals surface area contributed by atoms with Crippen LogP contribution in [0, 0.1) is 5.92 Å². The predicted octanol–water partition coefficient (Wildman–Crippen LogP) is 4.22. The zero-order valence-electron chi connectivity index (χ0n) is 14.4. The number of likely N-dealkylation sites (tertiary alicyclic amines) is 1. The lowest BCUT2D eigenvalue weighted by Gasteiger charge is -2.24. The lowest BCUT2D eigenvalue weighted by molar-refractivity contribution is -0.274. The Bertz CT molecular complexity index is 581. The van der Waals surface area contributed by atoms with Gasteiger partial charge in [-0.25, -0.2) is 4.79 Å². The maximum atomic E-state index is 12.1. The van der Waals surface area contributed by atoms with Gasteiger partial charge in [0.15, 0.2) is 0 Å². The fourth-order valence-electron chi connectivity index (χ4n) is 2.41. The van der Waals surface area contributed by atoms with E-state index in [1.54, 1.807) is 4.90 Å². The second-order valence-electron chi connectivity index (χ2n) is 6.91. The number of nitrogens with zero attached hydrogens (tertiary/aromatic N) is 1. The molecule has 1 aliphatic heterocycles. The van der Waals surface area contributed by atoms with Gasteiger partial charge in [0.1, 0.15) is 17.1 Å². The molecular weight excluding hydrogens is 339 g/mol. The average molecular weight is 361 g/mol. The summed E-state index contributed by atoms with van der Waals surface area (Å²) in [4.78, 5) is 13.6. The van der Waals surface area contributed by atoms with Crippen molar-refractivity contribution in [2.45, 2.75) is 39.2 Å². The molecule has 25 heavy (non-hydrogen) atoms. The summed E-state index contributed by atoms with van der Waals surface area (Å²) in [6.45, 7) is 6.94. The second kappa shape index (κ2) is 7.41. The highest BCUT2D eigenvalue weighted by Crippen LogP contribution is 2.26. The highest BCUT2D eigenvalue weighted by Gasteiger charge is 2.31. The van der Waals surface area contributed by atoms with Gasteiger partial charge in [-0.2, -0.15) is 0 Å². The van der Waals surface area contributed by atoms with Crippen molar-refractivity contribution in [3.8, 4) is 11.5 Å². The quantitative estimate of drug-likeness (QED) is 0.806. The SMILES string of the molecule is CC(C)(C)OC(=O)N1CCC(COc2ccc(OC(F)(F)F)cc2)C1. The van der Waals surface area contributed by atoms with Crippen LogP contribution in [0.25, 0.3) is 0 Å². The summed E-state index contributed by atoms with van der Waals surface area (Å²) >= 11 is 0. The van der Waals surface area contributed by atoms with Crippen molar-refractivity contribution in [2.75, 3.05) is 19.7 Å². The standard InChI is InChI=1S/C17H22F3NO4/c1-16(2,3)25-15(22)21-9-8-12(10-21)11-23-13-4-6-14(7-5-13)24-17(18,19)20/h4-7,12H,8-11H2,1-3H3. The molecule has 140 valence electrons. The van der Waals surface area contributed by atoms with Gasteiger partial charge in [0.25, 0.3) is 0 Å². The zero-order valence-corrected chi connectivity index (χ0v) is 14.4. The second-order valence-corrected chi connectivity index (χ2v) is 6.91. The molecule has 5 nitrogen and oxygen atoms in total. The van der Waals surface area contributed by atoms with Gasteiger partial charge >= 0.3 is 12.5 Å². The van der Waals surface area contributed by atoms with E-state index in [0.717, 1.165) is 6.42 Å². The highest BCUT2D eigenvalue weighted by atomic mass is 19.4. The van der Waals surface area contributed by atoms with Crippen molar-refractivity contribution >= 4 is 6.09 Å². The summed E-state index contributed by atoms with van der Waals surface area (Å²) in [5.41, 5.74) is -0.536. The van der Waals surface area contributed by atoms with Crippen molar-refractivity contribution in [3.05, 3.63) is 24.3 Å². The first-order chi connectivity index (χ1) is 11.5. The van der Waals surface area contributed by atoms with E-state index in [1.165, 1.54) is 24.3 Å². The minimum atomic E-state index is -4.71. The Hall–Kier alpha value is -2.12. The molecule has 8 heteroatoms. The van der Waals surface area contributed by atoms with E-state index in [0.29, 0.717) is 25.4 Å². The van der Waals surface area contributed by atoms with Crippen molar-refractivity contribution in [1.29, 1.82) is 0 Å². The number of alkyl halides is 3. The van der Waals surface area contributed by atoms with Gasteiger partial charge in [-0.15, -0.1) is 13.2 Å². The summed E-state index contributed by atoms with van der Waals surface area (Å²) in [5, 5.41) is 0. The molecule has 0 spiro atoms. The smallest absolute Gasteiger partial charge is 0.493 e. The Kier molecular flexibility index (Phi) is 5.69. The Labute approximate surface area is 144 Å². The molecular formula is C17H22F3NO4. The Morgan fingerprint density at radius 3 is 2.32 bits per heavy atom. The molecule has 0 aliphatic carbocycles. The third-order valence-corrected chi connectivity index (χ3v) is 3.48. The van der Waals surface area contributed by atoms with E-state index in [4.69, 9.17) is 9.47 Å². The number of carbonyl (C=O) groups excluding carboxylic acids is 1. The van der Waals surface area contributed by atoms with Crippen LogP contribution in [0.4, 0.5) is 18.0 Å². The van der Waals surface area contributed by atoms with Crippen LogP contribution < -0.4 is 9.47 Å². The number of carbonyl (C=O) groups is 1. The van der Waals surface area contributed by atoms with E-state index in [1.807, 2.05) is 20.8 Å². The summed E-state index contributed by atoms with van der Waals surface area (Å²) in [7, 11) is 0. The maximum Gasteiger partial charge on any atom is 0.573 e. The number of halogens is 3. The van der Waals surface area contributed by atoms with Gasteiger partial charge in [0.2, 0.25) is 0 Å². The molecule has 0 aromatic heterocycles. The number of hydrogen-bond donors (Lipinski definition) is 0. The fourth-order valence-corrected chi connectivity index (χ4v) is 2.41. The first-order valence-electron chi connectivity index (χ1n) is 7.98. The number of hydrogen-bond acceptors (Lipinski definition) is 4. The number of ether oxygens (including phenoxy) is 3. The molecule has 1 atom stereocenters. The topological polar surface area (TPSA) is 48.0 Å². The van der Waals surface area contributed by atoms with Gasteiger partial charge in [0, 0.05) is 19.0 Å². The van der Waals surface area contributed by atoms with Crippen LogP contribution >= 0.6 is 0 Å². The summed E-state index contributed by atoms with van der Waals surface area (Å²) < 4.78 is 51.0. The third-order valence-electron chi connectivity index (χ3n) is 3.48. The lowest BCUT2D eigenvalue weighted by Crippen LogP contribution is -2.35. The van der Waals surface area contributed by atoms with Crippen LogP contribution in [0.15, 0.2) is 24.3 Å². The van der Waals surface area contributed by atoms with Crippen LogP contribution in [-0.4, -0.2) is 42.7 Å². The first kappa shape index (κ1) is 19.2. The van der Waals surface area contributed by atoms with Crippen molar-refractivity contribution in [3.63, 3.8) is 0 Å². The van der Waals surface area contributed by atoms with Crippen LogP contribution in [0.3, 0.4) is 0 Å². The normalized spacial score (nSPS) is 18.2. The molecule has 1 aromatic rings. The van der Waals surface area contributed by atoms with Crippen molar-refractivity contribution in [1.82, 2.24) is 4.90 Å². The maximum absolute atomic E-state index is 12.1. The molecule has 1 unspecified atom stereocenters. The van der Waals surface area contributed by atoms with Crippen LogP contribution in [-0.2, 0) is 4.74 Å².